The van der Waals surface area contributed by atoms with Gasteiger partial charge in [0, 0.05) is 11.2 Å². The Bertz CT molecular complexity index is 123. The fraction of sp³-hybridized carbons (Fsp3) is 0.800. The number of hydrogen-bond donors (Lipinski definition) is 0. The first-order valence-electron chi connectivity index (χ1n) is 4.15. The van der Waals surface area contributed by atoms with Gasteiger partial charge < -0.3 is 0 Å². The highest BCUT2D eigenvalue weighted by Crippen LogP contribution is 2.15. The van der Waals surface area contributed by atoms with Gasteiger partial charge in [0.2, 0.25) is 0 Å². The fourth-order valence-electron chi connectivity index (χ4n) is 0.902. The lowest BCUT2D eigenvalue weighted by molar-refractivity contribution is 0.593. The van der Waals surface area contributed by atoms with Crippen molar-refractivity contribution in [3.05, 3.63) is 6.42 Å². The summed E-state index contributed by atoms with van der Waals surface area (Å²) in [6.07, 6.45) is 12.7. The Morgan fingerprint density at radius 3 is 2.45 bits per heavy atom. The average Bonchev–Trinajstić information content (AvgIpc) is 2.04. The Kier molecular flexibility index (Phi) is 6.56. The van der Waals surface area contributed by atoms with Gasteiger partial charge in [-0.05, 0) is 25.5 Å². The van der Waals surface area contributed by atoms with Crippen molar-refractivity contribution in [2.75, 3.05) is 6.26 Å². The number of thioether (sulfide) groups is 1. The number of hydrogen-bond acceptors (Lipinski definition) is 1. The van der Waals surface area contributed by atoms with E-state index in [1.54, 1.807) is 0 Å². The minimum Gasteiger partial charge on any atom is -0.162 e. The molecule has 2 unspecified atom stereocenters. The number of rotatable bonds is 5. The molecule has 11 heavy (non-hydrogen) atoms. The van der Waals surface area contributed by atoms with Crippen LogP contribution < -0.4 is 0 Å². The Hall–Kier alpha value is -0.0900. The maximum Gasteiger partial charge on any atom is 0.0184 e. The van der Waals surface area contributed by atoms with E-state index >= 15 is 0 Å². The van der Waals surface area contributed by atoms with Crippen LogP contribution in [0.4, 0.5) is 0 Å². The van der Waals surface area contributed by atoms with Crippen molar-refractivity contribution in [3.63, 3.8) is 0 Å². The van der Waals surface area contributed by atoms with Gasteiger partial charge in [0.15, 0.2) is 0 Å². The topological polar surface area (TPSA) is 0 Å². The first-order chi connectivity index (χ1) is 5.20. The molecule has 0 saturated heterocycles. The van der Waals surface area contributed by atoms with Crippen molar-refractivity contribution in [3.8, 4) is 5.92 Å². The van der Waals surface area contributed by atoms with Crippen molar-refractivity contribution < 1.29 is 0 Å². The van der Waals surface area contributed by atoms with Crippen LogP contribution >= 0.6 is 11.8 Å². The summed E-state index contributed by atoms with van der Waals surface area (Å²) in [5.74, 6) is 2.85. The minimum atomic E-state index is 0.351. The summed E-state index contributed by atoms with van der Waals surface area (Å²) in [5.41, 5.74) is 0. The zero-order valence-corrected chi connectivity index (χ0v) is 8.50. The van der Waals surface area contributed by atoms with Gasteiger partial charge in [0.1, 0.15) is 0 Å². The third kappa shape index (κ3) is 6.31. The van der Waals surface area contributed by atoms with Crippen molar-refractivity contribution in [2.24, 2.45) is 5.92 Å². The lowest BCUT2D eigenvalue weighted by Gasteiger charge is -2.08. The van der Waals surface area contributed by atoms with E-state index in [0.29, 0.717) is 5.92 Å². The second-order valence-electron chi connectivity index (χ2n) is 3.02. The van der Waals surface area contributed by atoms with Gasteiger partial charge in [0.25, 0.3) is 0 Å². The third-order valence-corrected chi connectivity index (χ3v) is 2.94. The standard InChI is InChI=1S/C10H17S/c1-5-9(2)7-6-8-10(3)11-4/h9-10H,6-8H2,2-4H3. The predicted molar refractivity (Wildman–Crippen MR) is 53.1 cm³/mol. The van der Waals surface area contributed by atoms with Crippen LogP contribution in [0.2, 0.25) is 0 Å². The molecule has 0 aromatic carbocycles. The third-order valence-electron chi connectivity index (χ3n) is 1.90. The lowest BCUT2D eigenvalue weighted by atomic mass is 10.0. The molecule has 0 aromatic heterocycles. The first kappa shape index (κ1) is 10.9. The van der Waals surface area contributed by atoms with Crippen molar-refractivity contribution in [1.29, 1.82) is 0 Å². The minimum absolute atomic E-state index is 0.351. The molecule has 0 amide bonds. The van der Waals surface area contributed by atoms with E-state index in [9.17, 15) is 0 Å². The summed E-state index contributed by atoms with van der Waals surface area (Å²) in [7, 11) is 0. The highest BCUT2D eigenvalue weighted by atomic mass is 32.2. The molecule has 1 radical (unpaired) electrons. The summed E-state index contributed by atoms with van der Waals surface area (Å²) < 4.78 is 0. The smallest absolute Gasteiger partial charge is 0.0184 e. The zero-order chi connectivity index (χ0) is 8.69. The largest absolute Gasteiger partial charge is 0.162 e. The molecule has 0 heterocycles. The molecule has 2 atom stereocenters. The molecule has 0 nitrogen and oxygen atoms in total. The Labute approximate surface area is 75.1 Å². The molecule has 0 fully saturated rings. The zero-order valence-electron chi connectivity index (χ0n) is 7.68. The average molecular weight is 169 g/mol. The molecular weight excluding hydrogens is 152 g/mol. The predicted octanol–water partition coefficient (Wildman–Crippen LogP) is 3.13. The van der Waals surface area contributed by atoms with Crippen LogP contribution in [-0.4, -0.2) is 11.5 Å². The molecule has 0 aliphatic rings. The van der Waals surface area contributed by atoms with Gasteiger partial charge in [-0.3, -0.25) is 0 Å². The van der Waals surface area contributed by atoms with E-state index in [4.69, 9.17) is 6.42 Å². The van der Waals surface area contributed by atoms with Crippen molar-refractivity contribution in [1.82, 2.24) is 0 Å². The van der Waals surface area contributed by atoms with Gasteiger partial charge in [-0.1, -0.05) is 26.2 Å². The normalized spacial score (nSPS) is 15.5. The quantitative estimate of drug-likeness (QED) is 0.570. The van der Waals surface area contributed by atoms with E-state index < -0.39 is 0 Å². The molecule has 63 valence electrons. The van der Waals surface area contributed by atoms with E-state index in [1.165, 1.54) is 12.8 Å². The molecule has 0 aromatic rings. The van der Waals surface area contributed by atoms with E-state index in [-0.39, 0.29) is 0 Å². The molecule has 0 spiro atoms. The van der Waals surface area contributed by atoms with Crippen LogP contribution in [-0.2, 0) is 0 Å². The maximum absolute atomic E-state index is 6.88. The van der Waals surface area contributed by atoms with Crippen LogP contribution in [0.3, 0.4) is 0 Å². The monoisotopic (exact) mass is 169 g/mol. The molecule has 0 N–H and O–H groups in total. The molecule has 1 heteroatoms. The summed E-state index contributed by atoms with van der Waals surface area (Å²) in [4.78, 5) is 0. The second kappa shape index (κ2) is 6.61. The van der Waals surface area contributed by atoms with Crippen LogP contribution in [0.25, 0.3) is 0 Å². The van der Waals surface area contributed by atoms with Gasteiger partial charge in [-0.15, -0.1) is 0 Å². The second-order valence-corrected chi connectivity index (χ2v) is 4.30. The maximum atomic E-state index is 6.88. The molecule has 0 aliphatic heterocycles. The molecular formula is C10H17S. The van der Waals surface area contributed by atoms with Gasteiger partial charge >= 0.3 is 0 Å². The molecule has 0 bridgehead atoms. The van der Waals surface area contributed by atoms with Crippen LogP contribution in [0.1, 0.15) is 33.1 Å². The van der Waals surface area contributed by atoms with Gasteiger partial charge in [-0.25, -0.2) is 0 Å². The van der Waals surface area contributed by atoms with Crippen LogP contribution in [0.5, 0.6) is 0 Å². The Morgan fingerprint density at radius 1 is 1.36 bits per heavy atom. The fourth-order valence-corrected chi connectivity index (χ4v) is 1.30. The van der Waals surface area contributed by atoms with Gasteiger partial charge in [0.05, 0.1) is 0 Å². The SMILES string of the molecule is [C]#CC(C)CCCC(C)SC. The molecule has 0 saturated carbocycles. The Balaban J connectivity index is 3.21. The molecule has 0 aliphatic carbocycles. The Morgan fingerprint density at radius 2 is 2.00 bits per heavy atom. The summed E-state index contributed by atoms with van der Waals surface area (Å²) in [5, 5.41) is 0.771. The van der Waals surface area contributed by atoms with Crippen LogP contribution in [0, 0.1) is 18.3 Å². The lowest BCUT2D eigenvalue weighted by Crippen LogP contribution is -1.97. The highest BCUT2D eigenvalue weighted by molar-refractivity contribution is 7.99. The van der Waals surface area contributed by atoms with Crippen LogP contribution in [0.15, 0.2) is 0 Å². The summed E-state index contributed by atoms with van der Waals surface area (Å²) >= 11 is 1.92. The summed E-state index contributed by atoms with van der Waals surface area (Å²) in [6.45, 7) is 4.31. The van der Waals surface area contributed by atoms with E-state index in [2.05, 4.69) is 26.0 Å². The molecule has 0 rings (SSSR count). The van der Waals surface area contributed by atoms with E-state index in [0.717, 1.165) is 11.7 Å². The first-order valence-corrected chi connectivity index (χ1v) is 5.44. The van der Waals surface area contributed by atoms with Gasteiger partial charge in [-0.2, -0.15) is 11.8 Å². The summed E-state index contributed by atoms with van der Waals surface area (Å²) in [6, 6.07) is 0. The van der Waals surface area contributed by atoms with Crippen molar-refractivity contribution in [2.45, 2.75) is 38.4 Å². The van der Waals surface area contributed by atoms with Crippen molar-refractivity contribution >= 4 is 11.8 Å². The highest BCUT2D eigenvalue weighted by Gasteiger charge is 2.01. The van der Waals surface area contributed by atoms with E-state index in [1.807, 2.05) is 11.8 Å².